The van der Waals surface area contributed by atoms with Crippen LogP contribution >= 0.6 is 0 Å². The number of carbonyl (C=O) groups excluding carboxylic acids is 2. The Balaban J connectivity index is 2.00. The van der Waals surface area contributed by atoms with Crippen LogP contribution in [-0.4, -0.2) is 27.8 Å². The molecule has 6 nitrogen and oxygen atoms in total. The first-order valence-corrected chi connectivity index (χ1v) is 6.96. The van der Waals surface area contributed by atoms with Gasteiger partial charge in [0.25, 0.3) is 0 Å². The highest BCUT2D eigenvalue weighted by Crippen LogP contribution is 2.10. The van der Waals surface area contributed by atoms with E-state index in [-0.39, 0.29) is 17.7 Å². The fraction of sp³-hybridized carbons (Fsp3) is 0.400. The second-order valence-electron chi connectivity index (χ2n) is 5.34. The van der Waals surface area contributed by atoms with Gasteiger partial charge in [-0.05, 0) is 18.1 Å². The quantitative estimate of drug-likeness (QED) is 0.776. The summed E-state index contributed by atoms with van der Waals surface area (Å²) in [7, 11) is 0. The van der Waals surface area contributed by atoms with E-state index in [1.807, 2.05) is 38.1 Å². The highest BCUT2D eigenvalue weighted by Gasteiger charge is 2.22. The molecule has 0 aliphatic heterocycles. The van der Waals surface area contributed by atoms with E-state index in [1.165, 1.54) is 6.92 Å². The summed E-state index contributed by atoms with van der Waals surface area (Å²) in [6, 6.07) is 7.14. The van der Waals surface area contributed by atoms with E-state index in [9.17, 15) is 9.59 Å². The molecule has 0 bridgehead atoms. The number of fused-ring (bicyclic) bond motifs is 1. The Hall–Kier alpha value is -2.37. The Morgan fingerprint density at radius 2 is 2.00 bits per heavy atom. The molecule has 1 aromatic heterocycles. The van der Waals surface area contributed by atoms with E-state index in [2.05, 4.69) is 20.6 Å². The highest BCUT2D eigenvalue weighted by molar-refractivity contribution is 5.87. The van der Waals surface area contributed by atoms with Crippen molar-refractivity contribution >= 4 is 22.8 Å². The number of amides is 2. The van der Waals surface area contributed by atoms with E-state index in [4.69, 9.17) is 0 Å². The number of nitrogens with one attached hydrogen (secondary N) is 3. The summed E-state index contributed by atoms with van der Waals surface area (Å²) in [4.78, 5) is 30.8. The van der Waals surface area contributed by atoms with Crippen LogP contribution in [0.5, 0.6) is 0 Å². The van der Waals surface area contributed by atoms with Crippen LogP contribution < -0.4 is 10.6 Å². The molecular weight excluding hydrogens is 268 g/mol. The number of H-pyrrole nitrogens is 1. The third-order valence-electron chi connectivity index (χ3n) is 3.18. The van der Waals surface area contributed by atoms with Gasteiger partial charge in [0.1, 0.15) is 11.9 Å². The minimum absolute atomic E-state index is 0.0181. The molecule has 1 aromatic carbocycles. The lowest BCUT2D eigenvalue weighted by atomic mass is 10.0. The number of imidazole rings is 1. The Kier molecular flexibility index (Phi) is 4.57. The minimum atomic E-state index is -0.535. The lowest BCUT2D eigenvalue weighted by Gasteiger charge is -2.20. The first-order chi connectivity index (χ1) is 9.97. The summed E-state index contributed by atoms with van der Waals surface area (Å²) >= 11 is 0. The SMILES string of the molecule is CC(=O)NC(C(=O)NCc1nc2ccccc2[nH]1)C(C)C. The molecule has 2 rings (SSSR count). The van der Waals surface area contributed by atoms with Crippen LogP contribution in [0.1, 0.15) is 26.6 Å². The summed E-state index contributed by atoms with van der Waals surface area (Å²) in [6.07, 6.45) is 0. The standard InChI is InChI=1S/C15H20N4O2/c1-9(2)14(17-10(3)20)15(21)16-8-13-18-11-6-4-5-7-12(11)19-13/h4-7,9,14H,8H2,1-3H3,(H,16,21)(H,17,20)(H,18,19). The van der Waals surface area contributed by atoms with Crippen molar-refractivity contribution < 1.29 is 9.59 Å². The number of benzene rings is 1. The Bertz CT molecular complexity index is 615. The van der Waals surface area contributed by atoms with Crippen LogP contribution in [0.15, 0.2) is 24.3 Å². The zero-order chi connectivity index (χ0) is 15.4. The molecule has 0 aliphatic carbocycles. The van der Waals surface area contributed by atoms with Gasteiger partial charge >= 0.3 is 0 Å². The Morgan fingerprint density at radius 3 is 2.62 bits per heavy atom. The van der Waals surface area contributed by atoms with Crippen LogP contribution in [0, 0.1) is 5.92 Å². The monoisotopic (exact) mass is 288 g/mol. The molecule has 21 heavy (non-hydrogen) atoms. The molecule has 2 aromatic rings. The minimum Gasteiger partial charge on any atom is -0.347 e. The Morgan fingerprint density at radius 1 is 1.29 bits per heavy atom. The van der Waals surface area contributed by atoms with Gasteiger partial charge in [-0.15, -0.1) is 0 Å². The van der Waals surface area contributed by atoms with Gasteiger partial charge in [-0.2, -0.15) is 0 Å². The molecule has 0 saturated heterocycles. The number of rotatable bonds is 5. The molecule has 0 saturated carbocycles. The van der Waals surface area contributed by atoms with Crippen molar-refractivity contribution in [3.8, 4) is 0 Å². The maximum atomic E-state index is 12.1. The first-order valence-electron chi connectivity index (χ1n) is 6.96. The third-order valence-corrected chi connectivity index (χ3v) is 3.18. The normalized spacial score (nSPS) is 12.4. The van der Waals surface area contributed by atoms with Gasteiger partial charge in [-0.3, -0.25) is 9.59 Å². The fourth-order valence-corrected chi connectivity index (χ4v) is 2.12. The van der Waals surface area contributed by atoms with Crippen molar-refractivity contribution in [3.63, 3.8) is 0 Å². The summed E-state index contributed by atoms with van der Waals surface area (Å²) in [5.74, 6) is 0.285. The van der Waals surface area contributed by atoms with Gasteiger partial charge in [0.15, 0.2) is 0 Å². The molecule has 3 N–H and O–H groups in total. The lowest BCUT2D eigenvalue weighted by Crippen LogP contribution is -2.48. The molecule has 0 spiro atoms. The smallest absolute Gasteiger partial charge is 0.243 e. The summed E-state index contributed by atoms with van der Waals surface area (Å²) in [5.41, 5.74) is 1.80. The number of hydrogen-bond acceptors (Lipinski definition) is 3. The molecule has 2 amide bonds. The Labute approximate surface area is 123 Å². The second kappa shape index (κ2) is 6.39. The summed E-state index contributed by atoms with van der Waals surface area (Å²) in [5, 5.41) is 5.46. The number of hydrogen-bond donors (Lipinski definition) is 3. The second-order valence-corrected chi connectivity index (χ2v) is 5.34. The van der Waals surface area contributed by atoms with E-state index >= 15 is 0 Å². The zero-order valence-electron chi connectivity index (χ0n) is 12.4. The highest BCUT2D eigenvalue weighted by atomic mass is 16.2. The van der Waals surface area contributed by atoms with Gasteiger partial charge in [-0.25, -0.2) is 4.98 Å². The van der Waals surface area contributed by atoms with Gasteiger partial charge in [-0.1, -0.05) is 26.0 Å². The zero-order valence-corrected chi connectivity index (χ0v) is 12.4. The maximum Gasteiger partial charge on any atom is 0.243 e. The van der Waals surface area contributed by atoms with E-state index < -0.39 is 6.04 Å². The van der Waals surface area contributed by atoms with Gasteiger partial charge < -0.3 is 15.6 Å². The van der Waals surface area contributed by atoms with Crippen molar-refractivity contribution in [2.75, 3.05) is 0 Å². The van der Waals surface area contributed by atoms with Gasteiger partial charge in [0.05, 0.1) is 17.6 Å². The molecule has 1 unspecified atom stereocenters. The van der Waals surface area contributed by atoms with Crippen LogP contribution in [-0.2, 0) is 16.1 Å². The van der Waals surface area contributed by atoms with Crippen molar-refractivity contribution in [1.82, 2.24) is 20.6 Å². The first kappa shape index (κ1) is 15.0. The van der Waals surface area contributed by atoms with Crippen molar-refractivity contribution in [3.05, 3.63) is 30.1 Å². The van der Waals surface area contributed by atoms with Gasteiger partial charge in [0.2, 0.25) is 11.8 Å². The van der Waals surface area contributed by atoms with E-state index in [0.717, 1.165) is 11.0 Å². The van der Waals surface area contributed by atoms with Crippen molar-refractivity contribution in [2.24, 2.45) is 5.92 Å². The van der Waals surface area contributed by atoms with Crippen LogP contribution in [0.4, 0.5) is 0 Å². The topological polar surface area (TPSA) is 86.9 Å². The number of nitrogens with zero attached hydrogens (tertiary/aromatic N) is 1. The summed E-state index contributed by atoms with van der Waals surface area (Å²) < 4.78 is 0. The van der Waals surface area contributed by atoms with E-state index in [0.29, 0.717) is 12.4 Å². The average molecular weight is 288 g/mol. The van der Waals surface area contributed by atoms with Crippen molar-refractivity contribution in [1.29, 1.82) is 0 Å². The van der Waals surface area contributed by atoms with Crippen LogP contribution in [0.25, 0.3) is 11.0 Å². The third kappa shape index (κ3) is 3.81. The molecule has 0 aliphatic rings. The van der Waals surface area contributed by atoms with Gasteiger partial charge in [0, 0.05) is 6.92 Å². The number of aromatic amines is 1. The molecule has 0 fully saturated rings. The predicted molar refractivity (Wildman–Crippen MR) is 80.4 cm³/mol. The van der Waals surface area contributed by atoms with Crippen LogP contribution in [0.2, 0.25) is 0 Å². The number of carbonyl (C=O) groups is 2. The number of para-hydroxylation sites is 2. The molecular formula is C15H20N4O2. The molecule has 0 radical (unpaired) electrons. The lowest BCUT2D eigenvalue weighted by molar-refractivity contribution is -0.129. The summed E-state index contributed by atoms with van der Waals surface area (Å²) in [6.45, 7) is 5.49. The fourth-order valence-electron chi connectivity index (χ4n) is 2.12. The largest absolute Gasteiger partial charge is 0.347 e. The molecule has 112 valence electrons. The van der Waals surface area contributed by atoms with Crippen molar-refractivity contribution in [2.45, 2.75) is 33.4 Å². The number of aromatic nitrogens is 2. The molecule has 1 atom stereocenters. The van der Waals surface area contributed by atoms with Crippen LogP contribution in [0.3, 0.4) is 0 Å². The molecule has 1 heterocycles. The van der Waals surface area contributed by atoms with E-state index in [1.54, 1.807) is 0 Å². The average Bonchev–Trinajstić information content (AvgIpc) is 2.84. The maximum absolute atomic E-state index is 12.1. The predicted octanol–water partition coefficient (Wildman–Crippen LogP) is 1.34. The molecule has 6 heteroatoms.